The zero-order chi connectivity index (χ0) is 17.4. The molecule has 0 aromatic carbocycles. The van der Waals surface area contributed by atoms with E-state index in [1.165, 1.54) is 19.3 Å². The van der Waals surface area contributed by atoms with Gasteiger partial charge in [0.2, 0.25) is 0 Å². The first-order valence-electron chi connectivity index (χ1n) is 9.85. The minimum atomic E-state index is -0.833. The molecule has 136 valence electrons. The van der Waals surface area contributed by atoms with Gasteiger partial charge in [-0.1, -0.05) is 32.6 Å². The number of rotatable bonds is 11. The summed E-state index contributed by atoms with van der Waals surface area (Å²) in [5.74, 6) is 0.301. The maximum atomic E-state index is 12.6. The van der Waals surface area contributed by atoms with Gasteiger partial charge >= 0.3 is 0 Å². The Morgan fingerprint density at radius 1 is 1.25 bits per heavy atom. The number of nitrogens with zero attached hydrogens (tertiary/aromatic N) is 1. The molecule has 0 radical (unpaired) electrons. The summed E-state index contributed by atoms with van der Waals surface area (Å²) in [5.41, 5.74) is -0.833. The van der Waals surface area contributed by atoms with Crippen LogP contribution in [0.2, 0.25) is 0 Å². The Hall–Kier alpha value is -0.920. The Bertz CT molecular complexity index is 445. The van der Waals surface area contributed by atoms with Crippen molar-refractivity contribution in [3.8, 4) is 6.07 Å². The van der Waals surface area contributed by atoms with Gasteiger partial charge in [-0.05, 0) is 38.0 Å². The highest BCUT2D eigenvalue weighted by Gasteiger charge is 2.56. The van der Waals surface area contributed by atoms with Crippen molar-refractivity contribution in [3.05, 3.63) is 0 Å². The molecule has 2 aliphatic rings. The number of hydrogen-bond acceptors (Lipinski definition) is 4. The molecule has 0 amide bonds. The van der Waals surface area contributed by atoms with Gasteiger partial charge < -0.3 is 9.84 Å². The van der Waals surface area contributed by atoms with Gasteiger partial charge in [-0.15, -0.1) is 0 Å². The molecule has 2 rings (SSSR count). The van der Waals surface area contributed by atoms with E-state index >= 15 is 0 Å². The molecule has 0 aromatic rings. The van der Waals surface area contributed by atoms with E-state index in [1.807, 2.05) is 0 Å². The second-order valence-corrected chi connectivity index (χ2v) is 7.64. The zero-order valence-corrected chi connectivity index (χ0v) is 15.1. The molecule has 0 aliphatic heterocycles. The topological polar surface area (TPSA) is 70.3 Å². The molecule has 0 heterocycles. The molecule has 2 saturated carbocycles. The summed E-state index contributed by atoms with van der Waals surface area (Å²) in [5, 5.41) is 19.7. The van der Waals surface area contributed by atoms with Gasteiger partial charge in [-0.25, -0.2) is 0 Å². The lowest BCUT2D eigenvalue weighted by atomic mass is 9.82. The van der Waals surface area contributed by atoms with Gasteiger partial charge in [-0.2, -0.15) is 5.26 Å². The van der Waals surface area contributed by atoms with E-state index in [4.69, 9.17) is 10.00 Å². The number of unbranched alkanes of at least 4 members (excludes halogenated alkanes) is 5. The summed E-state index contributed by atoms with van der Waals surface area (Å²) in [6.45, 7) is 2.77. The molecule has 2 fully saturated rings. The van der Waals surface area contributed by atoms with E-state index in [9.17, 15) is 9.90 Å². The lowest BCUT2D eigenvalue weighted by molar-refractivity contribution is -0.132. The van der Waals surface area contributed by atoms with Gasteiger partial charge in [0, 0.05) is 31.8 Å². The van der Waals surface area contributed by atoms with Crippen molar-refractivity contribution in [1.29, 1.82) is 5.26 Å². The van der Waals surface area contributed by atoms with Crippen LogP contribution < -0.4 is 0 Å². The van der Waals surface area contributed by atoms with Crippen molar-refractivity contribution in [2.75, 3.05) is 6.61 Å². The van der Waals surface area contributed by atoms with Crippen LogP contribution in [0.15, 0.2) is 0 Å². The number of ketones is 1. The van der Waals surface area contributed by atoms with E-state index in [0.29, 0.717) is 25.9 Å². The lowest BCUT2D eigenvalue weighted by Gasteiger charge is -2.29. The summed E-state index contributed by atoms with van der Waals surface area (Å²) in [4.78, 5) is 12.6. The number of ether oxygens (including phenoxy) is 1. The number of nitriles is 1. The van der Waals surface area contributed by atoms with Crippen LogP contribution in [-0.4, -0.2) is 29.2 Å². The lowest BCUT2D eigenvalue weighted by Crippen LogP contribution is -2.40. The fourth-order valence-electron chi connectivity index (χ4n) is 4.59. The Morgan fingerprint density at radius 3 is 2.79 bits per heavy atom. The molecule has 4 heteroatoms. The van der Waals surface area contributed by atoms with Gasteiger partial charge in [-0.3, -0.25) is 4.79 Å². The van der Waals surface area contributed by atoms with E-state index in [2.05, 4.69) is 13.0 Å². The smallest absolute Gasteiger partial charge is 0.138 e. The Morgan fingerprint density at radius 2 is 2.04 bits per heavy atom. The monoisotopic (exact) mass is 335 g/mol. The maximum Gasteiger partial charge on any atom is 0.138 e. The summed E-state index contributed by atoms with van der Waals surface area (Å²) < 4.78 is 5.84. The highest BCUT2D eigenvalue weighted by Crippen LogP contribution is 2.52. The molecule has 2 aliphatic carbocycles. The molecule has 4 nitrogen and oxygen atoms in total. The third kappa shape index (κ3) is 4.80. The first-order chi connectivity index (χ1) is 11.6. The fourth-order valence-corrected chi connectivity index (χ4v) is 4.59. The summed E-state index contributed by atoms with van der Waals surface area (Å²) in [6.07, 6.45) is 10.9. The van der Waals surface area contributed by atoms with Crippen molar-refractivity contribution in [2.45, 2.75) is 95.7 Å². The number of hydrogen-bond donors (Lipinski definition) is 1. The first kappa shape index (κ1) is 19.4. The predicted molar refractivity (Wildman–Crippen MR) is 93.4 cm³/mol. The van der Waals surface area contributed by atoms with Crippen molar-refractivity contribution in [3.63, 3.8) is 0 Å². The van der Waals surface area contributed by atoms with Crippen LogP contribution in [0.5, 0.6) is 0 Å². The maximum absolute atomic E-state index is 12.6. The normalized spacial score (nSPS) is 31.8. The number of Topliss-reactive ketones (excluding diaryl/α,β-unsaturated/α-hetero) is 1. The second-order valence-electron chi connectivity index (χ2n) is 7.64. The molecule has 0 saturated heterocycles. The molecule has 0 bridgehead atoms. The van der Waals surface area contributed by atoms with Crippen molar-refractivity contribution < 1.29 is 14.6 Å². The quantitative estimate of drug-likeness (QED) is 0.576. The Balaban J connectivity index is 1.77. The summed E-state index contributed by atoms with van der Waals surface area (Å²) in [6, 6.07) is 2.12. The molecule has 0 aromatic heterocycles. The summed E-state index contributed by atoms with van der Waals surface area (Å²) in [7, 11) is 0. The SMILES string of the molecule is CCCCCCCC(=O)[C@H]1CC[C@H]2C[C@H](OCCCC#N)C[C@]21O. The van der Waals surface area contributed by atoms with E-state index < -0.39 is 5.60 Å². The van der Waals surface area contributed by atoms with Crippen LogP contribution in [0.25, 0.3) is 0 Å². The minimum Gasteiger partial charge on any atom is -0.389 e. The molecular weight excluding hydrogens is 302 g/mol. The standard InChI is InChI=1S/C20H33NO3/c1-2-3-4-5-6-9-19(22)18-11-10-16-14-17(15-20(16,18)23)24-13-8-7-12-21/h16-18,23H,2-11,13-15H2,1H3/t16-,17-,18+,20-/m0/s1. The van der Waals surface area contributed by atoms with Gasteiger partial charge in [0.15, 0.2) is 0 Å². The van der Waals surface area contributed by atoms with Crippen molar-refractivity contribution in [2.24, 2.45) is 11.8 Å². The number of fused-ring (bicyclic) bond motifs is 1. The van der Waals surface area contributed by atoms with Crippen molar-refractivity contribution in [1.82, 2.24) is 0 Å². The summed E-state index contributed by atoms with van der Waals surface area (Å²) >= 11 is 0. The second kappa shape index (κ2) is 9.53. The average molecular weight is 335 g/mol. The molecule has 0 unspecified atom stereocenters. The minimum absolute atomic E-state index is 0.0545. The zero-order valence-electron chi connectivity index (χ0n) is 15.1. The van der Waals surface area contributed by atoms with Crippen LogP contribution >= 0.6 is 0 Å². The van der Waals surface area contributed by atoms with Crippen LogP contribution in [0.3, 0.4) is 0 Å². The van der Waals surface area contributed by atoms with E-state index in [0.717, 1.165) is 38.5 Å². The molecule has 1 N–H and O–H groups in total. The molecule has 4 atom stereocenters. The van der Waals surface area contributed by atoms with Crippen LogP contribution in [0.4, 0.5) is 0 Å². The highest BCUT2D eigenvalue weighted by molar-refractivity contribution is 5.82. The molecule has 24 heavy (non-hydrogen) atoms. The Labute approximate surface area is 146 Å². The predicted octanol–water partition coefficient (Wildman–Crippen LogP) is 4.16. The highest BCUT2D eigenvalue weighted by atomic mass is 16.5. The molecule has 0 spiro atoms. The van der Waals surface area contributed by atoms with E-state index in [-0.39, 0.29) is 23.7 Å². The largest absolute Gasteiger partial charge is 0.389 e. The Kier molecular flexibility index (Phi) is 7.71. The molecular formula is C20H33NO3. The van der Waals surface area contributed by atoms with Crippen LogP contribution in [0.1, 0.15) is 84.0 Å². The van der Waals surface area contributed by atoms with Gasteiger partial charge in [0.1, 0.15) is 5.78 Å². The van der Waals surface area contributed by atoms with Crippen molar-refractivity contribution >= 4 is 5.78 Å². The fraction of sp³-hybridized carbons (Fsp3) is 0.900. The first-order valence-corrected chi connectivity index (χ1v) is 9.85. The van der Waals surface area contributed by atoms with Gasteiger partial charge in [0.25, 0.3) is 0 Å². The van der Waals surface area contributed by atoms with E-state index in [1.54, 1.807) is 0 Å². The number of carbonyl (C=O) groups excluding carboxylic acids is 1. The number of aliphatic hydroxyl groups is 1. The van der Waals surface area contributed by atoms with Crippen LogP contribution in [0, 0.1) is 23.2 Å². The number of carbonyl (C=O) groups is 1. The van der Waals surface area contributed by atoms with Crippen LogP contribution in [-0.2, 0) is 9.53 Å². The third-order valence-electron chi connectivity index (χ3n) is 5.92. The third-order valence-corrected chi connectivity index (χ3v) is 5.92. The van der Waals surface area contributed by atoms with Gasteiger partial charge in [0.05, 0.1) is 17.8 Å². The average Bonchev–Trinajstić information content (AvgIpc) is 3.03.